The Labute approximate surface area is 103 Å². The molecule has 0 spiro atoms. The average Bonchev–Trinajstić information content (AvgIpc) is 2.91. The highest BCUT2D eigenvalue weighted by Gasteiger charge is 2.16. The molecule has 0 saturated carbocycles. The quantitative estimate of drug-likeness (QED) is 0.826. The third-order valence-electron chi connectivity index (χ3n) is 3.18. The van der Waals surface area contributed by atoms with E-state index < -0.39 is 0 Å². The Kier molecular flexibility index (Phi) is 4.42. The molecule has 0 aromatic carbocycles. The summed E-state index contributed by atoms with van der Waals surface area (Å²) in [6.45, 7) is 6.20. The molecule has 1 aliphatic rings. The highest BCUT2D eigenvalue weighted by Crippen LogP contribution is 2.15. The first-order valence-electron chi connectivity index (χ1n) is 6.68. The van der Waals surface area contributed by atoms with Crippen LogP contribution >= 0.6 is 0 Å². The summed E-state index contributed by atoms with van der Waals surface area (Å²) in [7, 11) is 0. The van der Waals surface area contributed by atoms with Crippen molar-refractivity contribution >= 4 is 5.69 Å². The molecule has 1 aromatic heterocycles. The fraction of sp³-hybridized carbons (Fsp3) is 0.769. The minimum Gasteiger partial charge on any atom is -0.380 e. The van der Waals surface area contributed by atoms with E-state index in [0.717, 1.165) is 25.3 Å². The Bertz CT molecular complexity index is 331. The second kappa shape index (κ2) is 6.05. The maximum absolute atomic E-state index is 5.60. The topological polar surface area (TPSA) is 39.1 Å². The van der Waals surface area contributed by atoms with Gasteiger partial charge < -0.3 is 10.1 Å². The van der Waals surface area contributed by atoms with Gasteiger partial charge in [-0.15, -0.1) is 0 Å². The predicted octanol–water partition coefficient (Wildman–Crippen LogP) is 2.66. The fourth-order valence-corrected chi connectivity index (χ4v) is 2.32. The van der Waals surface area contributed by atoms with Gasteiger partial charge in [-0.25, -0.2) is 0 Å². The van der Waals surface area contributed by atoms with Gasteiger partial charge in [0.15, 0.2) is 0 Å². The molecule has 1 saturated heterocycles. The first-order chi connectivity index (χ1) is 8.28. The minimum absolute atomic E-state index is 0.357. The van der Waals surface area contributed by atoms with Crippen molar-refractivity contribution in [1.29, 1.82) is 0 Å². The number of anilines is 1. The van der Waals surface area contributed by atoms with Crippen molar-refractivity contribution in [1.82, 2.24) is 9.78 Å². The second-order valence-corrected chi connectivity index (χ2v) is 4.92. The van der Waals surface area contributed by atoms with Crippen LogP contribution in [-0.2, 0) is 11.3 Å². The van der Waals surface area contributed by atoms with Crippen molar-refractivity contribution in [3.63, 3.8) is 0 Å². The maximum Gasteiger partial charge on any atom is 0.0771 e. The maximum atomic E-state index is 5.60. The number of hydrogen-bond acceptors (Lipinski definition) is 3. The zero-order chi connectivity index (χ0) is 12.1. The molecule has 0 aliphatic carbocycles. The number of ether oxygens (including phenoxy) is 1. The number of hydrogen-bond donors (Lipinski definition) is 1. The summed E-state index contributed by atoms with van der Waals surface area (Å²) < 4.78 is 7.59. The van der Waals surface area contributed by atoms with Crippen LogP contribution in [0.15, 0.2) is 12.4 Å². The molecule has 2 heterocycles. The van der Waals surface area contributed by atoms with Crippen LogP contribution in [0.3, 0.4) is 0 Å². The molecule has 17 heavy (non-hydrogen) atoms. The SMILES string of the molecule is CCCC(C)Nc1cnn(CC2CCCO2)c1. The highest BCUT2D eigenvalue weighted by molar-refractivity contribution is 5.39. The van der Waals surface area contributed by atoms with Crippen LogP contribution in [0.25, 0.3) is 0 Å². The van der Waals surface area contributed by atoms with Crippen molar-refractivity contribution in [2.45, 2.75) is 58.2 Å². The Morgan fingerprint density at radius 1 is 1.65 bits per heavy atom. The van der Waals surface area contributed by atoms with Gasteiger partial charge >= 0.3 is 0 Å². The van der Waals surface area contributed by atoms with Crippen LogP contribution in [0.5, 0.6) is 0 Å². The fourth-order valence-electron chi connectivity index (χ4n) is 2.32. The van der Waals surface area contributed by atoms with Crippen LogP contribution in [0.1, 0.15) is 39.5 Å². The molecule has 1 fully saturated rings. The van der Waals surface area contributed by atoms with Crippen molar-refractivity contribution in [3.05, 3.63) is 12.4 Å². The number of aromatic nitrogens is 2. The molecular formula is C13H23N3O. The van der Waals surface area contributed by atoms with Crippen molar-refractivity contribution in [3.8, 4) is 0 Å². The molecule has 0 radical (unpaired) electrons. The Morgan fingerprint density at radius 3 is 3.24 bits per heavy atom. The lowest BCUT2D eigenvalue weighted by molar-refractivity contribution is 0.0940. The summed E-state index contributed by atoms with van der Waals surface area (Å²) in [5, 5.41) is 7.83. The largest absolute Gasteiger partial charge is 0.380 e. The van der Waals surface area contributed by atoms with Crippen LogP contribution in [0.4, 0.5) is 5.69 Å². The second-order valence-electron chi connectivity index (χ2n) is 4.92. The lowest BCUT2D eigenvalue weighted by Crippen LogP contribution is -2.15. The molecule has 96 valence electrons. The summed E-state index contributed by atoms with van der Waals surface area (Å²) in [5.74, 6) is 0. The van der Waals surface area contributed by atoms with E-state index in [1.165, 1.54) is 19.3 Å². The summed E-state index contributed by atoms with van der Waals surface area (Å²) in [6, 6.07) is 0.514. The zero-order valence-electron chi connectivity index (χ0n) is 10.9. The van der Waals surface area contributed by atoms with E-state index in [2.05, 4.69) is 30.5 Å². The molecule has 1 aromatic rings. The van der Waals surface area contributed by atoms with E-state index in [9.17, 15) is 0 Å². The normalized spacial score (nSPS) is 21.6. The lowest BCUT2D eigenvalue weighted by Gasteiger charge is -2.12. The predicted molar refractivity (Wildman–Crippen MR) is 69.2 cm³/mol. The molecule has 4 heteroatoms. The van der Waals surface area contributed by atoms with Gasteiger partial charge in [0.2, 0.25) is 0 Å². The molecule has 1 N–H and O–H groups in total. The Morgan fingerprint density at radius 2 is 2.53 bits per heavy atom. The minimum atomic E-state index is 0.357. The van der Waals surface area contributed by atoms with Gasteiger partial charge in [-0.1, -0.05) is 13.3 Å². The standard InChI is InChI=1S/C13H23N3O/c1-3-5-11(2)15-12-8-14-16(9-12)10-13-6-4-7-17-13/h8-9,11,13,15H,3-7,10H2,1-2H3. The molecule has 2 atom stereocenters. The summed E-state index contributed by atoms with van der Waals surface area (Å²) in [4.78, 5) is 0. The van der Waals surface area contributed by atoms with Gasteiger partial charge in [0, 0.05) is 18.8 Å². The number of nitrogens with one attached hydrogen (secondary N) is 1. The van der Waals surface area contributed by atoms with Gasteiger partial charge in [-0.05, 0) is 26.2 Å². The van der Waals surface area contributed by atoms with E-state index in [4.69, 9.17) is 4.74 Å². The van der Waals surface area contributed by atoms with Crippen LogP contribution in [0.2, 0.25) is 0 Å². The molecule has 0 amide bonds. The molecule has 2 rings (SSSR count). The van der Waals surface area contributed by atoms with Crippen LogP contribution < -0.4 is 5.32 Å². The monoisotopic (exact) mass is 237 g/mol. The lowest BCUT2D eigenvalue weighted by atomic mass is 10.2. The zero-order valence-corrected chi connectivity index (χ0v) is 10.9. The Balaban J connectivity index is 1.82. The van der Waals surface area contributed by atoms with Crippen LogP contribution in [-0.4, -0.2) is 28.5 Å². The van der Waals surface area contributed by atoms with Gasteiger partial charge in [-0.3, -0.25) is 4.68 Å². The average molecular weight is 237 g/mol. The summed E-state index contributed by atoms with van der Waals surface area (Å²) in [5.41, 5.74) is 1.11. The van der Waals surface area contributed by atoms with E-state index in [1.807, 2.05) is 10.9 Å². The molecule has 0 bridgehead atoms. The van der Waals surface area contributed by atoms with Crippen molar-refractivity contribution < 1.29 is 4.74 Å². The first kappa shape index (κ1) is 12.4. The molecule has 4 nitrogen and oxygen atoms in total. The van der Waals surface area contributed by atoms with E-state index in [1.54, 1.807) is 0 Å². The summed E-state index contributed by atoms with van der Waals surface area (Å²) in [6.07, 6.45) is 9.08. The van der Waals surface area contributed by atoms with Gasteiger partial charge in [-0.2, -0.15) is 5.10 Å². The third kappa shape index (κ3) is 3.73. The Hall–Kier alpha value is -1.03. The highest BCUT2D eigenvalue weighted by atomic mass is 16.5. The van der Waals surface area contributed by atoms with Crippen molar-refractivity contribution in [2.24, 2.45) is 0 Å². The number of nitrogens with zero attached hydrogens (tertiary/aromatic N) is 2. The van der Waals surface area contributed by atoms with Gasteiger partial charge in [0.25, 0.3) is 0 Å². The van der Waals surface area contributed by atoms with E-state index in [0.29, 0.717) is 12.1 Å². The van der Waals surface area contributed by atoms with Crippen molar-refractivity contribution in [2.75, 3.05) is 11.9 Å². The first-order valence-corrected chi connectivity index (χ1v) is 6.68. The van der Waals surface area contributed by atoms with E-state index >= 15 is 0 Å². The number of rotatable bonds is 6. The third-order valence-corrected chi connectivity index (χ3v) is 3.18. The van der Waals surface area contributed by atoms with Gasteiger partial charge in [0.05, 0.1) is 24.5 Å². The molecule has 1 aliphatic heterocycles. The molecular weight excluding hydrogens is 214 g/mol. The smallest absolute Gasteiger partial charge is 0.0771 e. The van der Waals surface area contributed by atoms with E-state index in [-0.39, 0.29) is 0 Å². The summed E-state index contributed by atoms with van der Waals surface area (Å²) >= 11 is 0. The molecule has 2 unspecified atom stereocenters. The van der Waals surface area contributed by atoms with Gasteiger partial charge in [0.1, 0.15) is 0 Å². The van der Waals surface area contributed by atoms with Crippen LogP contribution in [0, 0.1) is 0 Å².